The Morgan fingerprint density at radius 2 is 1.85 bits per heavy atom. The van der Waals surface area contributed by atoms with E-state index in [1.165, 1.54) is 4.90 Å². The normalized spacial score (nSPS) is 18.4. The highest BCUT2D eigenvalue weighted by molar-refractivity contribution is 5.79. The minimum Gasteiger partial charge on any atom is -0.444 e. The first-order valence-corrected chi connectivity index (χ1v) is 12.9. The Morgan fingerprint density at radius 1 is 1.15 bits per heavy atom. The maximum atomic E-state index is 14.0. The Hall–Kier alpha value is -3.06. The third kappa shape index (κ3) is 8.46. The summed E-state index contributed by atoms with van der Waals surface area (Å²) >= 11 is 0. The van der Waals surface area contributed by atoms with Crippen molar-refractivity contribution in [2.75, 3.05) is 19.6 Å². The summed E-state index contributed by atoms with van der Waals surface area (Å²) in [5.41, 5.74) is -1.84. The zero-order valence-corrected chi connectivity index (χ0v) is 22.5. The molecule has 14 heteroatoms. The molecule has 1 saturated heterocycles. The first kappa shape index (κ1) is 30.5. The number of halogens is 5. The summed E-state index contributed by atoms with van der Waals surface area (Å²) in [7, 11) is 0. The molecule has 3 rings (SSSR count). The van der Waals surface area contributed by atoms with Crippen molar-refractivity contribution in [3.8, 4) is 0 Å². The van der Waals surface area contributed by atoms with Crippen LogP contribution >= 0.6 is 0 Å². The van der Waals surface area contributed by atoms with Gasteiger partial charge < -0.3 is 19.9 Å². The first-order chi connectivity index (χ1) is 18.0. The molecule has 1 fully saturated rings. The van der Waals surface area contributed by atoms with E-state index >= 15 is 0 Å². The molecule has 0 spiro atoms. The lowest BCUT2D eigenvalue weighted by molar-refractivity contribution is -0.148. The fourth-order valence-electron chi connectivity index (χ4n) is 4.57. The number of aromatic nitrogens is 2. The molecule has 3 heterocycles. The summed E-state index contributed by atoms with van der Waals surface area (Å²) in [6.07, 6.45) is -6.26. The van der Waals surface area contributed by atoms with Crippen LogP contribution < -0.4 is 5.32 Å². The predicted molar refractivity (Wildman–Crippen MR) is 129 cm³/mol. The van der Waals surface area contributed by atoms with Crippen molar-refractivity contribution in [2.45, 2.75) is 96.5 Å². The summed E-state index contributed by atoms with van der Waals surface area (Å²) in [5.74, 6) is -4.14. The number of amides is 3. The van der Waals surface area contributed by atoms with Crippen LogP contribution in [0.15, 0.2) is 0 Å². The third-order valence-corrected chi connectivity index (χ3v) is 6.27. The van der Waals surface area contributed by atoms with E-state index in [0.717, 1.165) is 4.90 Å². The van der Waals surface area contributed by atoms with E-state index < -0.39 is 60.3 Å². The second kappa shape index (κ2) is 11.6. The van der Waals surface area contributed by atoms with Crippen LogP contribution in [0.1, 0.15) is 76.2 Å². The molecular weight excluding hydrogens is 529 g/mol. The van der Waals surface area contributed by atoms with Gasteiger partial charge in [-0.25, -0.2) is 23.5 Å². The smallest absolute Gasteiger partial charge is 0.433 e. The van der Waals surface area contributed by atoms with Crippen molar-refractivity contribution in [3.05, 3.63) is 22.8 Å². The molecule has 0 bridgehead atoms. The van der Waals surface area contributed by atoms with Crippen LogP contribution in [0.4, 0.5) is 26.7 Å². The summed E-state index contributed by atoms with van der Waals surface area (Å²) in [6, 6.07) is -1.07. The number of ether oxygens (including phenoxy) is 1. The van der Waals surface area contributed by atoms with Gasteiger partial charge >= 0.3 is 12.3 Å². The fourth-order valence-corrected chi connectivity index (χ4v) is 4.57. The number of aryl methyl sites for hydroxylation is 1. The van der Waals surface area contributed by atoms with Crippen LogP contribution in [0.5, 0.6) is 0 Å². The van der Waals surface area contributed by atoms with Crippen LogP contribution in [0, 0.1) is 0 Å². The number of nitrogens with zero attached hydrogens (tertiary/aromatic N) is 4. The highest BCUT2D eigenvalue weighted by Gasteiger charge is 2.41. The third-order valence-electron chi connectivity index (χ3n) is 6.27. The van der Waals surface area contributed by atoms with E-state index in [9.17, 15) is 36.3 Å². The zero-order chi connectivity index (χ0) is 29.2. The van der Waals surface area contributed by atoms with Crippen molar-refractivity contribution in [3.63, 3.8) is 0 Å². The molecule has 0 aliphatic carbocycles. The summed E-state index contributed by atoms with van der Waals surface area (Å²) < 4.78 is 74.2. The van der Waals surface area contributed by atoms with Crippen LogP contribution in [0.2, 0.25) is 0 Å². The molecule has 39 heavy (non-hydrogen) atoms. The topological polar surface area (TPSA) is 105 Å². The Balaban J connectivity index is 1.79. The molecule has 0 aromatic carbocycles. The molecule has 0 radical (unpaired) electrons. The van der Waals surface area contributed by atoms with Crippen molar-refractivity contribution >= 4 is 17.9 Å². The average Bonchev–Trinajstić information content (AvgIpc) is 2.78. The molecule has 0 unspecified atom stereocenters. The van der Waals surface area contributed by atoms with Crippen LogP contribution in [-0.4, -0.2) is 74.9 Å². The van der Waals surface area contributed by atoms with E-state index in [-0.39, 0.29) is 62.4 Å². The summed E-state index contributed by atoms with van der Waals surface area (Å²) in [6.45, 7) is 5.20. The van der Waals surface area contributed by atoms with Crippen molar-refractivity contribution in [1.82, 2.24) is 25.1 Å². The summed E-state index contributed by atoms with van der Waals surface area (Å²) in [5, 5.41) is 2.49. The number of likely N-dealkylation sites (tertiary alicyclic amines) is 1. The van der Waals surface area contributed by atoms with E-state index in [0.29, 0.717) is 6.42 Å². The number of fused-ring (bicyclic) bond motifs is 1. The minimum atomic E-state index is -4.67. The molecule has 1 N–H and O–H groups in total. The lowest BCUT2D eigenvalue weighted by atomic mass is 10.0. The number of carbonyl (C=O) groups excluding carboxylic acids is 3. The van der Waals surface area contributed by atoms with Crippen molar-refractivity contribution in [2.24, 2.45) is 0 Å². The lowest BCUT2D eigenvalue weighted by Crippen LogP contribution is -2.53. The average molecular weight is 564 g/mol. The number of rotatable bonds is 7. The Bertz CT molecular complexity index is 1090. The standard InChI is InChI=1S/C25H34F5N5O4/c1-5-6-18-32-17-13-34(10-8-16(17)21(33-18)25(28,29)30)20(37)11-15(31-22(38)39-23(2,3)4)12-35-14-24(26,27)9-7-19(35)36/h15H,5-14H2,1-4H3,(H,31,38)/t15-/m0/s1. The maximum absolute atomic E-state index is 14.0. The van der Waals surface area contributed by atoms with Crippen LogP contribution in [0.25, 0.3) is 0 Å². The van der Waals surface area contributed by atoms with Gasteiger partial charge in [-0.15, -0.1) is 0 Å². The molecule has 3 amide bonds. The van der Waals surface area contributed by atoms with Gasteiger partial charge in [0, 0.05) is 44.3 Å². The second-order valence-electron chi connectivity index (χ2n) is 10.9. The molecule has 0 saturated carbocycles. The molecular formula is C25H34F5N5O4. The summed E-state index contributed by atoms with van der Waals surface area (Å²) in [4.78, 5) is 48.2. The van der Waals surface area contributed by atoms with Gasteiger partial charge in [-0.05, 0) is 33.6 Å². The number of piperidine rings is 1. The number of alkyl carbamates (subject to hydrolysis) is 1. The monoisotopic (exact) mass is 563 g/mol. The number of hydrogen-bond acceptors (Lipinski definition) is 6. The van der Waals surface area contributed by atoms with Gasteiger partial charge in [-0.3, -0.25) is 9.59 Å². The Kier molecular flexibility index (Phi) is 9.06. The highest BCUT2D eigenvalue weighted by atomic mass is 19.4. The molecule has 1 atom stereocenters. The lowest BCUT2D eigenvalue weighted by Gasteiger charge is -2.36. The maximum Gasteiger partial charge on any atom is 0.433 e. The van der Waals surface area contributed by atoms with Gasteiger partial charge in [0.15, 0.2) is 5.69 Å². The Labute approximate surface area is 223 Å². The SMILES string of the molecule is CCCc1nc2c(c(C(F)(F)F)n1)CCN(C(=O)C[C@@H](CN1CC(F)(F)CCC1=O)NC(=O)OC(C)(C)C)C2. The quantitative estimate of drug-likeness (QED) is 0.505. The largest absolute Gasteiger partial charge is 0.444 e. The molecule has 1 aromatic rings. The van der Waals surface area contributed by atoms with Crippen LogP contribution in [0.3, 0.4) is 0 Å². The van der Waals surface area contributed by atoms with Crippen molar-refractivity contribution in [1.29, 1.82) is 0 Å². The van der Waals surface area contributed by atoms with Gasteiger partial charge in [0.1, 0.15) is 11.4 Å². The fraction of sp³-hybridized carbons (Fsp3) is 0.720. The second-order valence-corrected chi connectivity index (χ2v) is 10.9. The highest BCUT2D eigenvalue weighted by Crippen LogP contribution is 2.34. The molecule has 2 aliphatic rings. The van der Waals surface area contributed by atoms with Gasteiger partial charge in [0.05, 0.1) is 24.8 Å². The Morgan fingerprint density at radius 3 is 2.46 bits per heavy atom. The molecule has 1 aromatic heterocycles. The zero-order valence-electron chi connectivity index (χ0n) is 22.5. The van der Waals surface area contributed by atoms with Crippen molar-refractivity contribution < 1.29 is 41.1 Å². The molecule has 218 valence electrons. The number of carbonyl (C=O) groups is 3. The van der Waals surface area contributed by atoms with Gasteiger partial charge in [0.2, 0.25) is 11.8 Å². The van der Waals surface area contributed by atoms with E-state index in [1.807, 2.05) is 0 Å². The van der Waals surface area contributed by atoms with Gasteiger partial charge in [-0.2, -0.15) is 13.2 Å². The minimum absolute atomic E-state index is 0.0342. The first-order valence-electron chi connectivity index (χ1n) is 12.9. The van der Waals surface area contributed by atoms with E-state index in [2.05, 4.69) is 15.3 Å². The molecule has 2 aliphatic heterocycles. The van der Waals surface area contributed by atoms with E-state index in [4.69, 9.17) is 4.74 Å². The van der Waals surface area contributed by atoms with E-state index in [1.54, 1.807) is 27.7 Å². The van der Waals surface area contributed by atoms with Crippen LogP contribution in [-0.2, 0) is 39.9 Å². The number of hydrogen-bond donors (Lipinski definition) is 1. The number of alkyl halides is 5. The number of nitrogens with one attached hydrogen (secondary N) is 1. The van der Waals surface area contributed by atoms with Gasteiger partial charge in [-0.1, -0.05) is 6.92 Å². The molecule has 9 nitrogen and oxygen atoms in total. The van der Waals surface area contributed by atoms with Gasteiger partial charge in [0.25, 0.3) is 5.92 Å². The predicted octanol–water partition coefficient (Wildman–Crippen LogP) is 3.87.